The van der Waals surface area contributed by atoms with Crippen LogP contribution in [-0.4, -0.2) is 5.11 Å². The molecule has 0 saturated heterocycles. The lowest BCUT2D eigenvalue weighted by atomic mass is 9.97. The summed E-state index contributed by atoms with van der Waals surface area (Å²) in [6.45, 7) is 6.08. The summed E-state index contributed by atoms with van der Waals surface area (Å²) in [6, 6.07) is 11.7. The first kappa shape index (κ1) is 12.7. The van der Waals surface area contributed by atoms with Gasteiger partial charge in [-0.05, 0) is 54.7 Å². The molecular weight excluding hydrogens is 222 g/mol. The Kier molecular flexibility index (Phi) is 3.39. The average Bonchev–Trinajstić information content (AvgIpc) is 2.35. The Labute approximate surface area is 108 Å². The fourth-order valence-electron chi connectivity index (χ4n) is 1.96. The second-order valence-corrected chi connectivity index (χ2v) is 4.86. The van der Waals surface area contributed by atoms with Crippen LogP contribution in [0.1, 0.15) is 33.9 Å². The quantitative estimate of drug-likeness (QED) is 0.793. The summed E-state index contributed by atoms with van der Waals surface area (Å²) in [5.41, 5.74) is 11.8. The van der Waals surface area contributed by atoms with Gasteiger partial charge >= 0.3 is 0 Å². The number of nitrogen functional groups attached to an aromatic ring is 1. The SMILES string of the molecule is Cc1ccc([C@H](O)c2ccc(C)c(N)c2)cc1C. The van der Waals surface area contributed by atoms with Crippen molar-refractivity contribution in [1.82, 2.24) is 0 Å². The second-order valence-electron chi connectivity index (χ2n) is 4.86. The van der Waals surface area contributed by atoms with E-state index in [1.165, 1.54) is 11.1 Å². The van der Waals surface area contributed by atoms with Crippen molar-refractivity contribution in [3.63, 3.8) is 0 Å². The van der Waals surface area contributed by atoms with Crippen LogP contribution in [0.25, 0.3) is 0 Å². The van der Waals surface area contributed by atoms with E-state index in [1.807, 2.05) is 43.3 Å². The molecule has 2 aromatic rings. The molecule has 1 atom stereocenters. The van der Waals surface area contributed by atoms with E-state index < -0.39 is 6.10 Å². The summed E-state index contributed by atoms with van der Waals surface area (Å²) in [6.07, 6.45) is -0.618. The van der Waals surface area contributed by atoms with E-state index in [-0.39, 0.29) is 0 Å². The van der Waals surface area contributed by atoms with Crippen molar-refractivity contribution < 1.29 is 5.11 Å². The molecule has 0 spiro atoms. The fourth-order valence-corrected chi connectivity index (χ4v) is 1.96. The molecule has 2 nitrogen and oxygen atoms in total. The maximum absolute atomic E-state index is 10.4. The van der Waals surface area contributed by atoms with Crippen molar-refractivity contribution in [1.29, 1.82) is 0 Å². The van der Waals surface area contributed by atoms with Gasteiger partial charge in [0.25, 0.3) is 0 Å². The lowest BCUT2D eigenvalue weighted by Crippen LogP contribution is -2.02. The molecule has 18 heavy (non-hydrogen) atoms. The molecule has 0 aromatic heterocycles. The van der Waals surface area contributed by atoms with Crippen molar-refractivity contribution in [3.05, 3.63) is 64.2 Å². The van der Waals surface area contributed by atoms with Gasteiger partial charge < -0.3 is 10.8 Å². The maximum atomic E-state index is 10.4. The zero-order valence-corrected chi connectivity index (χ0v) is 11.1. The molecule has 0 radical (unpaired) electrons. The molecule has 0 aliphatic heterocycles. The number of anilines is 1. The minimum Gasteiger partial charge on any atom is -0.399 e. The van der Waals surface area contributed by atoms with Gasteiger partial charge in [0.2, 0.25) is 0 Å². The smallest absolute Gasteiger partial charge is 0.104 e. The summed E-state index contributed by atoms with van der Waals surface area (Å²) in [5.74, 6) is 0. The Morgan fingerprint density at radius 1 is 0.833 bits per heavy atom. The minimum atomic E-state index is -0.618. The van der Waals surface area contributed by atoms with Gasteiger partial charge in [0.05, 0.1) is 0 Å². The molecule has 0 fully saturated rings. The maximum Gasteiger partial charge on any atom is 0.104 e. The molecular formula is C16H19NO. The predicted molar refractivity (Wildman–Crippen MR) is 75.6 cm³/mol. The Morgan fingerprint density at radius 3 is 1.94 bits per heavy atom. The number of aliphatic hydroxyl groups is 1. The largest absolute Gasteiger partial charge is 0.399 e. The highest BCUT2D eigenvalue weighted by atomic mass is 16.3. The number of nitrogens with two attached hydrogens (primary N) is 1. The normalized spacial score (nSPS) is 12.4. The number of aliphatic hydroxyl groups excluding tert-OH is 1. The highest BCUT2D eigenvalue weighted by Gasteiger charge is 2.11. The third-order valence-electron chi connectivity index (χ3n) is 3.47. The zero-order chi connectivity index (χ0) is 13.3. The van der Waals surface area contributed by atoms with E-state index in [9.17, 15) is 5.11 Å². The lowest BCUT2D eigenvalue weighted by molar-refractivity contribution is 0.220. The zero-order valence-electron chi connectivity index (χ0n) is 11.1. The molecule has 0 aliphatic carbocycles. The van der Waals surface area contributed by atoms with E-state index in [1.54, 1.807) is 0 Å². The number of hydrogen-bond acceptors (Lipinski definition) is 2. The van der Waals surface area contributed by atoms with Gasteiger partial charge in [-0.15, -0.1) is 0 Å². The van der Waals surface area contributed by atoms with Gasteiger partial charge in [-0.25, -0.2) is 0 Å². The second kappa shape index (κ2) is 4.83. The van der Waals surface area contributed by atoms with Gasteiger partial charge in [-0.1, -0.05) is 30.3 Å². The van der Waals surface area contributed by atoms with Crippen LogP contribution in [0.4, 0.5) is 5.69 Å². The van der Waals surface area contributed by atoms with Crippen LogP contribution in [-0.2, 0) is 0 Å². The standard InChI is InChI=1S/C16H19NO/c1-10-4-6-13(8-12(10)3)16(18)14-7-5-11(2)15(17)9-14/h4-9,16,18H,17H2,1-3H3/t16-/m0/s1. The van der Waals surface area contributed by atoms with Crippen molar-refractivity contribution in [2.75, 3.05) is 5.73 Å². The Balaban J connectivity index is 2.37. The Morgan fingerprint density at radius 2 is 1.39 bits per heavy atom. The van der Waals surface area contributed by atoms with Gasteiger partial charge in [-0.2, -0.15) is 0 Å². The highest BCUT2D eigenvalue weighted by molar-refractivity contribution is 5.50. The first-order chi connectivity index (χ1) is 8.49. The third kappa shape index (κ3) is 2.39. The van der Waals surface area contributed by atoms with Crippen molar-refractivity contribution in [2.24, 2.45) is 0 Å². The first-order valence-corrected chi connectivity index (χ1v) is 6.10. The average molecular weight is 241 g/mol. The molecule has 2 rings (SSSR count). The molecule has 0 heterocycles. The molecule has 0 saturated carbocycles. The van der Waals surface area contributed by atoms with Crippen LogP contribution in [0.2, 0.25) is 0 Å². The van der Waals surface area contributed by atoms with Crippen LogP contribution < -0.4 is 5.73 Å². The van der Waals surface area contributed by atoms with Crippen molar-refractivity contribution >= 4 is 5.69 Å². The topological polar surface area (TPSA) is 46.2 Å². The molecule has 0 bridgehead atoms. The summed E-state index contributed by atoms with van der Waals surface area (Å²) >= 11 is 0. The van der Waals surface area contributed by atoms with Crippen LogP contribution >= 0.6 is 0 Å². The highest BCUT2D eigenvalue weighted by Crippen LogP contribution is 2.26. The molecule has 3 N–H and O–H groups in total. The number of rotatable bonds is 2. The molecule has 2 aromatic carbocycles. The van der Waals surface area contributed by atoms with E-state index in [0.29, 0.717) is 0 Å². The Hall–Kier alpha value is -1.80. The summed E-state index contributed by atoms with van der Waals surface area (Å²) < 4.78 is 0. The summed E-state index contributed by atoms with van der Waals surface area (Å²) in [7, 11) is 0. The first-order valence-electron chi connectivity index (χ1n) is 6.10. The van der Waals surface area contributed by atoms with Gasteiger partial charge in [0.1, 0.15) is 6.10 Å². The predicted octanol–water partition coefficient (Wildman–Crippen LogP) is 3.28. The van der Waals surface area contributed by atoms with Gasteiger partial charge in [-0.3, -0.25) is 0 Å². The van der Waals surface area contributed by atoms with E-state index in [0.717, 1.165) is 22.4 Å². The van der Waals surface area contributed by atoms with E-state index in [2.05, 4.69) is 13.8 Å². The monoisotopic (exact) mass is 241 g/mol. The van der Waals surface area contributed by atoms with Gasteiger partial charge in [0, 0.05) is 5.69 Å². The molecule has 94 valence electrons. The van der Waals surface area contributed by atoms with Crippen LogP contribution in [0.5, 0.6) is 0 Å². The van der Waals surface area contributed by atoms with Crippen molar-refractivity contribution in [2.45, 2.75) is 26.9 Å². The number of hydrogen-bond donors (Lipinski definition) is 2. The van der Waals surface area contributed by atoms with Gasteiger partial charge in [0.15, 0.2) is 0 Å². The summed E-state index contributed by atoms with van der Waals surface area (Å²) in [5, 5.41) is 10.4. The van der Waals surface area contributed by atoms with Crippen LogP contribution in [0, 0.1) is 20.8 Å². The van der Waals surface area contributed by atoms with Crippen LogP contribution in [0.15, 0.2) is 36.4 Å². The molecule has 0 unspecified atom stereocenters. The van der Waals surface area contributed by atoms with Crippen molar-refractivity contribution in [3.8, 4) is 0 Å². The van der Waals surface area contributed by atoms with E-state index in [4.69, 9.17) is 5.73 Å². The van der Waals surface area contributed by atoms with E-state index >= 15 is 0 Å². The lowest BCUT2D eigenvalue weighted by Gasteiger charge is -2.14. The molecule has 0 aliphatic rings. The minimum absolute atomic E-state index is 0.618. The number of benzene rings is 2. The molecule has 0 amide bonds. The summed E-state index contributed by atoms with van der Waals surface area (Å²) in [4.78, 5) is 0. The fraction of sp³-hybridized carbons (Fsp3) is 0.250. The molecule has 2 heteroatoms. The third-order valence-corrected chi connectivity index (χ3v) is 3.47. The number of aryl methyl sites for hydroxylation is 3. The Bertz CT molecular complexity index is 524. The van der Waals surface area contributed by atoms with Crippen LogP contribution in [0.3, 0.4) is 0 Å².